The van der Waals surface area contributed by atoms with Crippen molar-refractivity contribution < 1.29 is 20.1 Å². The van der Waals surface area contributed by atoms with Gasteiger partial charge >= 0.3 is 6.09 Å². The molecule has 1 heterocycles. The summed E-state index contributed by atoms with van der Waals surface area (Å²) in [5, 5.41) is 30.3. The molecule has 3 rings (SSSR count). The highest BCUT2D eigenvalue weighted by Crippen LogP contribution is 2.45. The maximum absolute atomic E-state index is 11.4. The lowest BCUT2D eigenvalue weighted by molar-refractivity contribution is 0.139. The lowest BCUT2D eigenvalue weighted by atomic mass is 9.95. The van der Waals surface area contributed by atoms with E-state index in [1.165, 1.54) is 10.5 Å². The molecule has 0 radical (unpaired) electrons. The zero-order valence-corrected chi connectivity index (χ0v) is 15.1. The van der Waals surface area contributed by atoms with E-state index in [2.05, 4.69) is 13.8 Å². The Kier molecular flexibility index (Phi) is 5.07. The van der Waals surface area contributed by atoms with Crippen LogP contribution < -0.4 is 0 Å². The number of rotatable bonds is 4. The van der Waals surface area contributed by atoms with Gasteiger partial charge in [-0.3, -0.25) is 0 Å². The monoisotopic (exact) mass is 355 g/mol. The van der Waals surface area contributed by atoms with Gasteiger partial charge in [0.05, 0.1) is 6.04 Å². The van der Waals surface area contributed by atoms with Gasteiger partial charge in [0.1, 0.15) is 0 Å². The molecule has 5 nitrogen and oxygen atoms in total. The highest BCUT2D eigenvalue weighted by molar-refractivity contribution is 5.75. The first-order valence-corrected chi connectivity index (χ1v) is 9.02. The average molecular weight is 355 g/mol. The van der Waals surface area contributed by atoms with E-state index < -0.39 is 12.1 Å². The largest absolute Gasteiger partial charge is 0.504 e. The Morgan fingerprint density at radius 3 is 2.42 bits per heavy atom. The lowest BCUT2D eigenvalue weighted by Crippen LogP contribution is -2.28. The third-order valence-corrected chi connectivity index (χ3v) is 4.95. The maximum atomic E-state index is 11.4. The van der Waals surface area contributed by atoms with Gasteiger partial charge in [-0.15, -0.1) is 0 Å². The van der Waals surface area contributed by atoms with Gasteiger partial charge in [0.15, 0.2) is 11.5 Å². The van der Waals surface area contributed by atoms with E-state index in [9.17, 15) is 20.1 Å². The van der Waals surface area contributed by atoms with Crippen LogP contribution >= 0.6 is 0 Å². The van der Waals surface area contributed by atoms with Crippen molar-refractivity contribution in [3.63, 3.8) is 0 Å². The fraction of sp³-hybridized carbons (Fsp3) is 0.381. The first kappa shape index (κ1) is 18.1. The first-order chi connectivity index (χ1) is 12.4. The number of carboxylic acid groups (broad SMARTS) is 1. The minimum atomic E-state index is -1.00. The van der Waals surface area contributed by atoms with Crippen molar-refractivity contribution in [2.24, 2.45) is 5.92 Å². The zero-order chi connectivity index (χ0) is 18.8. The van der Waals surface area contributed by atoms with E-state index in [-0.39, 0.29) is 11.5 Å². The molecule has 1 amide bonds. The summed E-state index contributed by atoms with van der Waals surface area (Å²) in [4.78, 5) is 12.7. The smallest absolute Gasteiger partial charge is 0.407 e. The number of carbonyl (C=O) groups is 1. The summed E-state index contributed by atoms with van der Waals surface area (Å²) in [7, 11) is 0. The number of hydrogen-bond acceptors (Lipinski definition) is 3. The van der Waals surface area contributed by atoms with Crippen LogP contribution in [0.25, 0.3) is 11.1 Å². The molecule has 1 fully saturated rings. The highest BCUT2D eigenvalue weighted by Gasteiger charge is 2.32. The normalized spacial score (nSPS) is 17.0. The molecule has 3 N–H and O–H groups in total. The summed E-state index contributed by atoms with van der Waals surface area (Å²) in [5.41, 5.74) is 3.05. The summed E-state index contributed by atoms with van der Waals surface area (Å²) < 4.78 is 0. The zero-order valence-electron chi connectivity index (χ0n) is 15.1. The Morgan fingerprint density at radius 1 is 1.12 bits per heavy atom. The van der Waals surface area contributed by atoms with Crippen LogP contribution in [0.15, 0.2) is 36.4 Å². The van der Waals surface area contributed by atoms with E-state index in [1.807, 2.05) is 24.3 Å². The molecule has 26 heavy (non-hydrogen) atoms. The van der Waals surface area contributed by atoms with Gasteiger partial charge in [0, 0.05) is 17.7 Å². The molecule has 1 atom stereocenters. The van der Waals surface area contributed by atoms with Crippen molar-refractivity contribution in [1.82, 2.24) is 4.90 Å². The van der Waals surface area contributed by atoms with E-state index >= 15 is 0 Å². The van der Waals surface area contributed by atoms with Crippen molar-refractivity contribution in [2.45, 2.75) is 39.2 Å². The van der Waals surface area contributed by atoms with Crippen LogP contribution in [0.5, 0.6) is 11.5 Å². The molecule has 2 aromatic carbocycles. The number of nitrogens with zero attached hydrogens (tertiary/aromatic N) is 1. The molecule has 2 aromatic rings. The SMILES string of the molecule is CC(C)Cc1ccc(-c2ccc(C3CCCN3C(=O)O)c(O)c2O)cc1. The van der Waals surface area contributed by atoms with Crippen molar-refractivity contribution >= 4 is 6.09 Å². The average Bonchev–Trinajstić information content (AvgIpc) is 3.07. The quantitative estimate of drug-likeness (QED) is 0.690. The number of benzene rings is 2. The van der Waals surface area contributed by atoms with Crippen LogP contribution in [0.3, 0.4) is 0 Å². The fourth-order valence-corrected chi connectivity index (χ4v) is 3.71. The topological polar surface area (TPSA) is 81.0 Å². The van der Waals surface area contributed by atoms with Crippen LogP contribution in [-0.2, 0) is 6.42 Å². The van der Waals surface area contributed by atoms with E-state index in [4.69, 9.17) is 0 Å². The molecule has 0 spiro atoms. The molecule has 0 aliphatic carbocycles. The number of amides is 1. The summed E-state index contributed by atoms with van der Waals surface area (Å²) in [6.07, 6.45) is 1.37. The molecule has 0 aromatic heterocycles. The van der Waals surface area contributed by atoms with E-state index in [1.54, 1.807) is 12.1 Å². The summed E-state index contributed by atoms with van der Waals surface area (Å²) >= 11 is 0. The predicted molar refractivity (Wildman–Crippen MR) is 100 cm³/mol. The molecule has 138 valence electrons. The summed E-state index contributed by atoms with van der Waals surface area (Å²) in [6.45, 7) is 4.78. The fourth-order valence-electron chi connectivity index (χ4n) is 3.71. The van der Waals surface area contributed by atoms with Gasteiger partial charge in [0.25, 0.3) is 0 Å². The number of likely N-dealkylation sites (tertiary alicyclic amines) is 1. The Bertz CT molecular complexity index is 798. The molecule has 1 unspecified atom stereocenters. The van der Waals surface area contributed by atoms with Crippen molar-refractivity contribution in [3.8, 4) is 22.6 Å². The molecule has 5 heteroatoms. The number of phenolic OH excluding ortho intramolecular Hbond substituents is 2. The van der Waals surface area contributed by atoms with E-state index in [0.717, 1.165) is 18.4 Å². The van der Waals surface area contributed by atoms with E-state index in [0.29, 0.717) is 30.0 Å². The standard InChI is InChI=1S/C21H25NO4/c1-13(2)12-14-5-7-15(8-6-14)16-9-10-17(20(24)19(16)23)18-4-3-11-22(18)21(25)26/h5-10,13,18,23-24H,3-4,11-12H2,1-2H3,(H,25,26). The third kappa shape index (κ3) is 3.47. The highest BCUT2D eigenvalue weighted by atomic mass is 16.4. The Balaban J connectivity index is 1.91. The molecule has 1 saturated heterocycles. The molecular weight excluding hydrogens is 330 g/mol. The van der Waals surface area contributed by atoms with Gasteiger partial charge < -0.3 is 20.2 Å². The molecule has 1 aliphatic rings. The van der Waals surface area contributed by atoms with Gasteiger partial charge in [0.2, 0.25) is 0 Å². The summed E-state index contributed by atoms with van der Waals surface area (Å²) in [6, 6.07) is 11.0. The third-order valence-electron chi connectivity index (χ3n) is 4.95. The second-order valence-corrected chi connectivity index (χ2v) is 7.33. The molecular formula is C21H25NO4. The van der Waals surface area contributed by atoms with Crippen LogP contribution in [0, 0.1) is 5.92 Å². The minimum absolute atomic E-state index is 0.198. The molecule has 0 saturated carbocycles. The number of aromatic hydroxyl groups is 2. The lowest BCUT2D eigenvalue weighted by Gasteiger charge is -2.23. The Morgan fingerprint density at radius 2 is 1.81 bits per heavy atom. The Hall–Kier alpha value is -2.69. The summed E-state index contributed by atoms with van der Waals surface area (Å²) in [5.74, 6) is 0.143. The first-order valence-electron chi connectivity index (χ1n) is 9.02. The number of hydrogen-bond donors (Lipinski definition) is 3. The predicted octanol–water partition coefficient (Wildman–Crippen LogP) is 4.78. The second kappa shape index (κ2) is 7.28. The molecule has 0 bridgehead atoms. The van der Waals surface area contributed by atoms with Gasteiger partial charge in [-0.2, -0.15) is 0 Å². The van der Waals surface area contributed by atoms with Crippen molar-refractivity contribution in [1.29, 1.82) is 0 Å². The van der Waals surface area contributed by atoms with Gasteiger partial charge in [-0.05, 0) is 36.3 Å². The van der Waals surface area contributed by atoms with Gasteiger partial charge in [-0.25, -0.2) is 4.79 Å². The van der Waals surface area contributed by atoms with Crippen molar-refractivity contribution in [2.75, 3.05) is 6.54 Å². The van der Waals surface area contributed by atoms with Gasteiger partial charge in [-0.1, -0.05) is 50.2 Å². The number of phenols is 2. The Labute approximate surface area is 153 Å². The van der Waals surface area contributed by atoms with Crippen LogP contribution in [-0.4, -0.2) is 32.9 Å². The van der Waals surface area contributed by atoms with Crippen LogP contribution in [0.1, 0.15) is 43.9 Å². The van der Waals surface area contributed by atoms with Crippen molar-refractivity contribution in [3.05, 3.63) is 47.5 Å². The molecule has 1 aliphatic heterocycles. The second-order valence-electron chi connectivity index (χ2n) is 7.33. The maximum Gasteiger partial charge on any atom is 0.407 e. The van der Waals surface area contributed by atoms with Crippen LogP contribution in [0.2, 0.25) is 0 Å². The minimum Gasteiger partial charge on any atom is -0.504 e. The van der Waals surface area contributed by atoms with Crippen LogP contribution in [0.4, 0.5) is 4.79 Å².